The van der Waals surface area contributed by atoms with Gasteiger partial charge in [-0.25, -0.2) is 0 Å². The number of benzene rings is 2. The molecule has 0 amide bonds. The maximum absolute atomic E-state index is 9.82. The van der Waals surface area contributed by atoms with Crippen LogP contribution in [0.1, 0.15) is 24.1 Å². The van der Waals surface area contributed by atoms with Crippen LogP contribution in [0.5, 0.6) is 0 Å². The van der Waals surface area contributed by atoms with Gasteiger partial charge in [-0.2, -0.15) is 0 Å². The van der Waals surface area contributed by atoms with Crippen molar-refractivity contribution < 1.29 is 5.11 Å². The smallest absolute Gasteiger partial charge is 0.0924 e. The van der Waals surface area contributed by atoms with Crippen LogP contribution in [0.25, 0.3) is 0 Å². The summed E-state index contributed by atoms with van der Waals surface area (Å²) in [6.45, 7) is 2.89. The molecule has 2 atom stereocenters. The fourth-order valence-corrected chi connectivity index (χ4v) is 2.96. The van der Waals surface area contributed by atoms with E-state index in [9.17, 15) is 5.11 Å². The monoisotopic (exact) mass is 280 g/mol. The van der Waals surface area contributed by atoms with E-state index in [0.717, 1.165) is 16.8 Å². The van der Waals surface area contributed by atoms with Crippen LogP contribution in [0.2, 0.25) is 0 Å². The Labute approximate surface area is 125 Å². The molecule has 0 fully saturated rings. The van der Waals surface area contributed by atoms with E-state index in [-0.39, 0.29) is 18.7 Å². The molecule has 0 spiro atoms. The molecule has 0 saturated carbocycles. The molecule has 1 aliphatic rings. The molecule has 0 aromatic heterocycles. The van der Waals surface area contributed by atoms with Crippen LogP contribution in [0.3, 0.4) is 0 Å². The van der Waals surface area contributed by atoms with E-state index in [0.29, 0.717) is 6.67 Å². The van der Waals surface area contributed by atoms with Crippen LogP contribution in [0.4, 0.5) is 0 Å². The summed E-state index contributed by atoms with van der Waals surface area (Å²) in [6, 6.07) is 20.6. The van der Waals surface area contributed by atoms with Crippen LogP contribution < -0.4 is 0 Å². The zero-order valence-corrected chi connectivity index (χ0v) is 12.2. The maximum atomic E-state index is 9.82. The molecule has 3 nitrogen and oxygen atoms in total. The van der Waals surface area contributed by atoms with Crippen molar-refractivity contribution in [1.82, 2.24) is 4.90 Å². The Hall–Kier alpha value is -1.97. The number of rotatable bonds is 4. The summed E-state index contributed by atoms with van der Waals surface area (Å²) < 4.78 is 0. The molecule has 1 heterocycles. The molecule has 0 bridgehead atoms. The normalized spacial score (nSPS) is 20.3. The van der Waals surface area contributed by atoms with E-state index in [4.69, 9.17) is 4.99 Å². The Morgan fingerprint density at radius 2 is 1.71 bits per heavy atom. The van der Waals surface area contributed by atoms with Gasteiger partial charge in [0.25, 0.3) is 0 Å². The van der Waals surface area contributed by atoms with Gasteiger partial charge >= 0.3 is 0 Å². The number of aliphatic hydroxyl groups is 1. The average Bonchev–Trinajstić information content (AvgIpc) is 2.92. The Bertz CT molecular complexity index is 610. The number of hydrogen-bond acceptors (Lipinski definition) is 3. The second-order valence-corrected chi connectivity index (χ2v) is 5.35. The molecule has 3 heteroatoms. The van der Waals surface area contributed by atoms with Crippen molar-refractivity contribution in [3.63, 3.8) is 0 Å². The largest absolute Gasteiger partial charge is 0.394 e. The Kier molecular flexibility index (Phi) is 4.13. The van der Waals surface area contributed by atoms with E-state index in [1.807, 2.05) is 36.4 Å². The molecule has 2 aromatic carbocycles. The first kappa shape index (κ1) is 14.0. The zero-order valence-electron chi connectivity index (χ0n) is 12.2. The molecule has 1 aliphatic heterocycles. The van der Waals surface area contributed by atoms with Gasteiger partial charge in [-0.15, -0.1) is 0 Å². The van der Waals surface area contributed by atoms with Crippen LogP contribution >= 0.6 is 0 Å². The van der Waals surface area contributed by atoms with Crippen molar-refractivity contribution in [2.24, 2.45) is 4.99 Å². The lowest BCUT2D eigenvalue weighted by molar-refractivity contribution is 0.124. The quantitative estimate of drug-likeness (QED) is 0.934. The van der Waals surface area contributed by atoms with Gasteiger partial charge in [0.15, 0.2) is 0 Å². The Balaban J connectivity index is 1.83. The summed E-state index contributed by atoms with van der Waals surface area (Å²) in [5, 5.41) is 9.82. The predicted octanol–water partition coefficient (Wildman–Crippen LogP) is 2.87. The van der Waals surface area contributed by atoms with E-state index in [1.165, 1.54) is 0 Å². The third-order valence-electron chi connectivity index (χ3n) is 4.12. The van der Waals surface area contributed by atoms with Crippen molar-refractivity contribution in [3.05, 3.63) is 71.8 Å². The van der Waals surface area contributed by atoms with Crippen LogP contribution in [0, 0.1) is 0 Å². The van der Waals surface area contributed by atoms with E-state index in [1.54, 1.807) is 0 Å². The van der Waals surface area contributed by atoms with Gasteiger partial charge in [-0.3, -0.25) is 9.89 Å². The summed E-state index contributed by atoms with van der Waals surface area (Å²) in [6.07, 6.45) is 0. The molecule has 1 N–H and O–H groups in total. The highest BCUT2D eigenvalue weighted by atomic mass is 16.3. The van der Waals surface area contributed by atoms with E-state index in [2.05, 4.69) is 36.1 Å². The molecule has 3 rings (SSSR count). The number of hydrogen-bond donors (Lipinski definition) is 1. The van der Waals surface area contributed by atoms with Gasteiger partial charge in [-0.1, -0.05) is 60.7 Å². The van der Waals surface area contributed by atoms with Crippen molar-refractivity contribution in [1.29, 1.82) is 0 Å². The lowest BCUT2D eigenvalue weighted by Gasteiger charge is -2.30. The lowest BCUT2D eigenvalue weighted by Crippen LogP contribution is -2.38. The van der Waals surface area contributed by atoms with Crippen LogP contribution in [-0.4, -0.2) is 35.0 Å². The van der Waals surface area contributed by atoms with Crippen molar-refractivity contribution in [3.8, 4) is 0 Å². The van der Waals surface area contributed by atoms with E-state index < -0.39 is 0 Å². The maximum Gasteiger partial charge on any atom is 0.0924 e. The number of aliphatic imine (C=N–C) groups is 1. The average molecular weight is 280 g/mol. The molecule has 0 aliphatic carbocycles. The first-order chi connectivity index (χ1) is 10.3. The second kappa shape index (κ2) is 6.20. The van der Waals surface area contributed by atoms with Crippen LogP contribution in [0.15, 0.2) is 65.7 Å². The van der Waals surface area contributed by atoms with Gasteiger partial charge in [0.2, 0.25) is 0 Å². The number of aliphatic hydroxyl groups excluding tert-OH is 1. The molecular formula is C18H20N2O. The number of nitrogens with zero attached hydrogens (tertiary/aromatic N) is 2. The van der Waals surface area contributed by atoms with Gasteiger partial charge in [0.1, 0.15) is 0 Å². The molecule has 2 aromatic rings. The Morgan fingerprint density at radius 3 is 2.33 bits per heavy atom. The first-order valence-corrected chi connectivity index (χ1v) is 7.32. The summed E-state index contributed by atoms with van der Waals surface area (Å²) in [5.41, 5.74) is 3.40. The summed E-state index contributed by atoms with van der Waals surface area (Å²) in [5.74, 6) is 0. The minimum atomic E-state index is -0.00818. The summed E-state index contributed by atoms with van der Waals surface area (Å²) in [4.78, 5) is 6.94. The predicted molar refractivity (Wildman–Crippen MR) is 85.4 cm³/mol. The molecule has 21 heavy (non-hydrogen) atoms. The zero-order chi connectivity index (χ0) is 14.7. The fraction of sp³-hybridized carbons (Fsp3) is 0.278. The summed E-state index contributed by atoms with van der Waals surface area (Å²) >= 11 is 0. The lowest BCUT2D eigenvalue weighted by atomic mass is 10.0. The molecule has 0 unspecified atom stereocenters. The van der Waals surface area contributed by atoms with Gasteiger partial charge in [0.05, 0.1) is 31.1 Å². The molecule has 108 valence electrons. The Morgan fingerprint density at radius 1 is 1.10 bits per heavy atom. The van der Waals surface area contributed by atoms with Gasteiger partial charge in [-0.05, 0) is 18.1 Å². The third-order valence-corrected chi connectivity index (χ3v) is 4.12. The molecule has 0 saturated heterocycles. The van der Waals surface area contributed by atoms with Crippen LogP contribution in [-0.2, 0) is 0 Å². The van der Waals surface area contributed by atoms with Crippen molar-refractivity contribution >= 4 is 5.71 Å². The van der Waals surface area contributed by atoms with Crippen molar-refractivity contribution in [2.75, 3.05) is 13.3 Å². The molecular weight excluding hydrogens is 260 g/mol. The van der Waals surface area contributed by atoms with E-state index >= 15 is 0 Å². The second-order valence-electron chi connectivity index (χ2n) is 5.35. The highest BCUT2D eigenvalue weighted by molar-refractivity contribution is 6.05. The summed E-state index contributed by atoms with van der Waals surface area (Å²) in [7, 11) is 0. The third kappa shape index (κ3) is 2.75. The van der Waals surface area contributed by atoms with Crippen molar-refractivity contribution in [2.45, 2.75) is 19.0 Å². The SMILES string of the molecule is C[C@H]1C(c2ccccc2)=NCN1[C@@H](CO)c1ccccc1. The van der Waals surface area contributed by atoms with Gasteiger partial charge in [0, 0.05) is 0 Å². The minimum absolute atomic E-state index is 0.00818. The highest BCUT2D eigenvalue weighted by Gasteiger charge is 2.31. The molecule has 0 radical (unpaired) electrons. The first-order valence-electron chi connectivity index (χ1n) is 7.32. The topological polar surface area (TPSA) is 35.8 Å². The standard InChI is InChI=1S/C18H20N2O/c1-14-18(16-10-6-3-7-11-16)19-13-20(14)17(12-21)15-8-4-2-5-9-15/h2-11,14,17,21H,12-13H2,1H3/t14-,17-/m0/s1. The minimum Gasteiger partial charge on any atom is -0.394 e. The fourth-order valence-electron chi connectivity index (χ4n) is 2.96. The van der Waals surface area contributed by atoms with Gasteiger partial charge < -0.3 is 5.11 Å². The highest BCUT2D eigenvalue weighted by Crippen LogP contribution is 2.27.